The van der Waals surface area contributed by atoms with Gasteiger partial charge in [-0.25, -0.2) is 0 Å². The first-order valence-electron chi connectivity index (χ1n) is 4.56. The van der Waals surface area contributed by atoms with Gasteiger partial charge in [0, 0.05) is 13.6 Å². The van der Waals surface area contributed by atoms with Crippen molar-refractivity contribution in [2.75, 3.05) is 13.2 Å². The van der Waals surface area contributed by atoms with Crippen LogP contribution in [-0.2, 0) is 7.05 Å². The van der Waals surface area contributed by atoms with Gasteiger partial charge in [0.25, 0.3) is 0 Å². The summed E-state index contributed by atoms with van der Waals surface area (Å²) >= 11 is 0. The third-order valence-electron chi connectivity index (χ3n) is 2.15. The van der Waals surface area contributed by atoms with E-state index in [1.54, 1.807) is 4.68 Å². The highest BCUT2D eigenvalue weighted by atomic mass is 16.5. The molecule has 0 aliphatic heterocycles. The molecule has 0 amide bonds. The highest BCUT2D eigenvalue weighted by Gasteiger charge is 2.10. The van der Waals surface area contributed by atoms with Gasteiger partial charge in [0.1, 0.15) is 12.3 Å². The van der Waals surface area contributed by atoms with Gasteiger partial charge >= 0.3 is 0 Å². The first kappa shape index (κ1) is 10.8. The molecule has 0 atom stereocenters. The van der Waals surface area contributed by atoms with Gasteiger partial charge in [-0.3, -0.25) is 4.68 Å². The van der Waals surface area contributed by atoms with E-state index in [1.807, 2.05) is 20.9 Å². The monoisotopic (exact) mass is 195 g/mol. The van der Waals surface area contributed by atoms with E-state index in [0.29, 0.717) is 13.2 Å². The average Bonchev–Trinajstić information content (AvgIpc) is 2.39. The van der Waals surface area contributed by atoms with Crippen molar-refractivity contribution in [3.63, 3.8) is 0 Å². The summed E-state index contributed by atoms with van der Waals surface area (Å²) in [6, 6.07) is 0. The van der Waals surface area contributed by atoms with Crippen LogP contribution in [0.25, 0.3) is 0 Å². The maximum absolute atomic E-state index is 5.58. The fourth-order valence-electron chi connectivity index (χ4n) is 1.20. The fraction of sp³-hybridized carbons (Fsp3) is 0.500. The summed E-state index contributed by atoms with van der Waals surface area (Å²) in [4.78, 5) is 0. The van der Waals surface area contributed by atoms with E-state index in [-0.39, 0.29) is 0 Å². The zero-order valence-electron chi connectivity index (χ0n) is 9.00. The van der Waals surface area contributed by atoms with Crippen molar-refractivity contribution in [1.82, 2.24) is 9.78 Å². The van der Waals surface area contributed by atoms with Gasteiger partial charge in [-0.15, -0.1) is 0 Å². The number of aromatic nitrogens is 2. The molecule has 78 valence electrons. The molecule has 1 aromatic heterocycles. The van der Waals surface area contributed by atoms with Crippen molar-refractivity contribution in [3.8, 4) is 5.75 Å². The van der Waals surface area contributed by atoms with E-state index in [9.17, 15) is 0 Å². The Hall–Kier alpha value is -1.29. The quantitative estimate of drug-likeness (QED) is 0.727. The van der Waals surface area contributed by atoms with Crippen LogP contribution in [0.5, 0.6) is 5.75 Å². The minimum absolute atomic E-state index is 0.457. The lowest BCUT2D eigenvalue weighted by atomic mass is 10.3. The Morgan fingerprint density at radius 3 is 2.64 bits per heavy atom. The van der Waals surface area contributed by atoms with Crippen LogP contribution in [-0.4, -0.2) is 22.9 Å². The maximum atomic E-state index is 5.58. The van der Waals surface area contributed by atoms with Crippen molar-refractivity contribution < 1.29 is 4.74 Å². The summed E-state index contributed by atoms with van der Waals surface area (Å²) in [6.45, 7) is 8.59. The molecule has 0 aliphatic carbocycles. The third kappa shape index (κ3) is 2.14. The molecule has 0 radical (unpaired) electrons. The minimum atomic E-state index is 0.457. The Morgan fingerprint density at radius 2 is 2.21 bits per heavy atom. The van der Waals surface area contributed by atoms with Gasteiger partial charge < -0.3 is 10.5 Å². The molecular weight excluding hydrogens is 178 g/mol. The number of nitrogens with two attached hydrogens (primary N) is 1. The second-order valence-electron chi connectivity index (χ2n) is 3.37. The van der Waals surface area contributed by atoms with Crippen molar-refractivity contribution in [1.29, 1.82) is 0 Å². The lowest BCUT2D eigenvalue weighted by Crippen LogP contribution is -2.10. The average molecular weight is 195 g/mol. The molecule has 1 heterocycles. The standard InChI is InChI=1S/C10H17N3O/c1-7(5-11)6-14-10-8(2)12-13(4)9(10)3/h1,5-6,11H2,2-4H3. The molecule has 0 saturated carbocycles. The second kappa shape index (κ2) is 4.28. The molecule has 2 N–H and O–H groups in total. The fourth-order valence-corrected chi connectivity index (χ4v) is 1.20. The van der Waals surface area contributed by atoms with Crippen LogP contribution in [0.1, 0.15) is 11.4 Å². The molecule has 0 aliphatic rings. The summed E-state index contributed by atoms with van der Waals surface area (Å²) < 4.78 is 7.38. The van der Waals surface area contributed by atoms with E-state index >= 15 is 0 Å². The summed E-state index contributed by atoms with van der Waals surface area (Å²) in [5.41, 5.74) is 8.22. The van der Waals surface area contributed by atoms with Crippen LogP contribution < -0.4 is 10.5 Å². The van der Waals surface area contributed by atoms with Gasteiger partial charge in [-0.2, -0.15) is 5.10 Å². The third-order valence-corrected chi connectivity index (χ3v) is 2.15. The second-order valence-corrected chi connectivity index (χ2v) is 3.37. The minimum Gasteiger partial charge on any atom is -0.485 e. The molecule has 0 bridgehead atoms. The molecule has 0 aromatic carbocycles. The molecule has 4 nitrogen and oxygen atoms in total. The van der Waals surface area contributed by atoms with Gasteiger partial charge in [0.05, 0.1) is 5.69 Å². The van der Waals surface area contributed by atoms with E-state index in [0.717, 1.165) is 22.7 Å². The largest absolute Gasteiger partial charge is 0.485 e. The number of aryl methyl sites for hydroxylation is 2. The van der Waals surface area contributed by atoms with Crippen LogP contribution in [0, 0.1) is 13.8 Å². The van der Waals surface area contributed by atoms with Crippen molar-refractivity contribution in [2.45, 2.75) is 13.8 Å². The number of hydrogen-bond donors (Lipinski definition) is 1. The summed E-state index contributed by atoms with van der Waals surface area (Å²) in [5, 5.41) is 4.25. The Kier molecular flexibility index (Phi) is 3.30. The van der Waals surface area contributed by atoms with Crippen LogP contribution >= 0.6 is 0 Å². The van der Waals surface area contributed by atoms with Crippen molar-refractivity contribution >= 4 is 0 Å². The Balaban J connectivity index is 2.71. The SMILES string of the molecule is C=C(CN)COc1c(C)nn(C)c1C. The van der Waals surface area contributed by atoms with Gasteiger partial charge in [-0.05, 0) is 19.4 Å². The van der Waals surface area contributed by atoms with Crippen LogP contribution in [0.4, 0.5) is 0 Å². The normalized spacial score (nSPS) is 10.3. The summed E-state index contributed by atoms with van der Waals surface area (Å²) in [6.07, 6.45) is 0. The Bertz CT molecular complexity index is 341. The van der Waals surface area contributed by atoms with Gasteiger partial charge in [0.15, 0.2) is 5.75 Å². The molecular formula is C10H17N3O. The van der Waals surface area contributed by atoms with Crippen molar-refractivity contribution in [2.24, 2.45) is 12.8 Å². The van der Waals surface area contributed by atoms with E-state index in [1.165, 1.54) is 0 Å². The van der Waals surface area contributed by atoms with E-state index in [4.69, 9.17) is 10.5 Å². The van der Waals surface area contributed by atoms with Gasteiger partial charge in [-0.1, -0.05) is 6.58 Å². The smallest absolute Gasteiger partial charge is 0.163 e. The predicted molar refractivity (Wildman–Crippen MR) is 56.4 cm³/mol. The molecule has 14 heavy (non-hydrogen) atoms. The Labute approximate surface area is 84.4 Å². The molecule has 0 spiro atoms. The molecule has 0 saturated heterocycles. The topological polar surface area (TPSA) is 53.1 Å². The lowest BCUT2D eigenvalue weighted by Gasteiger charge is -2.06. The number of nitrogens with zero attached hydrogens (tertiary/aromatic N) is 2. The Morgan fingerprint density at radius 1 is 1.57 bits per heavy atom. The van der Waals surface area contributed by atoms with Crippen LogP contribution in [0.2, 0.25) is 0 Å². The first-order chi connectivity index (χ1) is 6.56. The number of ether oxygens (including phenoxy) is 1. The molecule has 4 heteroatoms. The first-order valence-corrected chi connectivity index (χ1v) is 4.56. The summed E-state index contributed by atoms with van der Waals surface area (Å²) in [5.74, 6) is 0.835. The predicted octanol–water partition coefficient (Wildman–Crippen LogP) is 0.931. The van der Waals surface area contributed by atoms with Crippen LogP contribution in [0.3, 0.4) is 0 Å². The molecule has 0 unspecified atom stereocenters. The lowest BCUT2D eigenvalue weighted by molar-refractivity contribution is 0.345. The molecule has 0 fully saturated rings. The molecule has 1 aromatic rings. The highest BCUT2D eigenvalue weighted by molar-refractivity contribution is 5.32. The summed E-state index contributed by atoms with van der Waals surface area (Å²) in [7, 11) is 1.90. The maximum Gasteiger partial charge on any atom is 0.163 e. The van der Waals surface area contributed by atoms with E-state index in [2.05, 4.69) is 11.7 Å². The van der Waals surface area contributed by atoms with Crippen LogP contribution in [0.15, 0.2) is 12.2 Å². The van der Waals surface area contributed by atoms with Gasteiger partial charge in [0.2, 0.25) is 0 Å². The van der Waals surface area contributed by atoms with Crippen molar-refractivity contribution in [3.05, 3.63) is 23.5 Å². The highest BCUT2D eigenvalue weighted by Crippen LogP contribution is 2.21. The van der Waals surface area contributed by atoms with E-state index < -0.39 is 0 Å². The number of hydrogen-bond acceptors (Lipinski definition) is 3. The zero-order valence-corrected chi connectivity index (χ0v) is 9.00. The molecule has 1 rings (SSSR count). The number of rotatable bonds is 4. The zero-order chi connectivity index (χ0) is 10.7.